The maximum absolute atomic E-state index is 11.9. The standard InChI is InChI=1S/C15H21N3O2S/c1-11(13-8-5-9-21-13)17-18-14(19)10-16-15(20)12-6-3-2-4-7-12/h5,8-9,12H,2-4,6-7,10H2,1H3,(H,16,20)(H,18,19)/b17-11+. The van der Waals surface area contributed by atoms with Gasteiger partial charge >= 0.3 is 0 Å². The largest absolute Gasteiger partial charge is 0.347 e. The van der Waals surface area contributed by atoms with E-state index in [1.807, 2.05) is 24.4 Å². The van der Waals surface area contributed by atoms with Crippen molar-refractivity contribution in [3.63, 3.8) is 0 Å². The van der Waals surface area contributed by atoms with Crippen molar-refractivity contribution in [2.75, 3.05) is 6.54 Å². The summed E-state index contributed by atoms with van der Waals surface area (Å²) in [5.74, 6) is -0.234. The zero-order chi connectivity index (χ0) is 15.1. The van der Waals surface area contributed by atoms with E-state index in [9.17, 15) is 9.59 Å². The molecule has 114 valence electrons. The van der Waals surface area contributed by atoms with Gasteiger partial charge in [0.05, 0.1) is 12.3 Å². The van der Waals surface area contributed by atoms with Gasteiger partial charge in [-0.15, -0.1) is 11.3 Å². The molecule has 0 saturated heterocycles. The third-order valence-electron chi connectivity index (χ3n) is 3.63. The number of hydrazone groups is 1. The van der Waals surface area contributed by atoms with Crippen LogP contribution < -0.4 is 10.7 Å². The third kappa shape index (κ3) is 4.97. The Morgan fingerprint density at radius 1 is 1.33 bits per heavy atom. The first-order valence-corrected chi connectivity index (χ1v) is 8.19. The molecule has 6 heteroatoms. The van der Waals surface area contributed by atoms with Gasteiger partial charge in [-0.3, -0.25) is 9.59 Å². The second-order valence-corrected chi connectivity index (χ2v) is 6.21. The molecular formula is C15H21N3O2S. The Labute approximate surface area is 128 Å². The molecular weight excluding hydrogens is 286 g/mol. The van der Waals surface area contributed by atoms with Crippen LogP contribution in [0.4, 0.5) is 0 Å². The number of nitrogens with zero attached hydrogens (tertiary/aromatic N) is 1. The molecule has 1 aromatic rings. The van der Waals surface area contributed by atoms with Crippen molar-refractivity contribution in [3.8, 4) is 0 Å². The minimum Gasteiger partial charge on any atom is -0.347 e. The van der Waals surface area contributed by atoms with Crippen LogP contribution in [0.5, 0.6) is 0 Å². The zero-order valence-corrected chi connectivity index (χ0v) is 13.0. The van der Waals surface area contributed by atoms with E-state index in [-0.39, 0.29) is 24.3 Å². The molecule has 0 radical (unpaired) electrons. The number of hydrogen-bond acceptors (Lipinski definition) is 4. The smallest absolute Gasteiger partial charge is 0.259 e. The Bertz CT molecular complexity index is 505. The first kappa shape index (κ1) is 15.7. The summed E-state index contributed by atoms with van der Waals surface area (Å²) < 4.78 is 0. The fraction of sp³-hybridized carbons (Fsp3) is 0.533. The van der Waals surface area contributed by atoms with Crippen LogP contribution in [0.25, 0.3) is 0 Å². The summed E-state index contributed by atoms with van der Waals surface area (Å²) >= 11 is 1.57. The van der Waals surface area contributed by atoms with Gasteiger partial charge in [0.15, 0.2) is 0 Å². The first-order valence-electron chi connectivity index (χ1n) is 7.31. The molecule has 0 aliphatic heterocycles. The predicted octanol–water partition coefficient (Wildman–Crippen LogP) is 2.28. The molecule has 2 rings (SSSR count). The average Bonchev–Trinajstić information content (AvgIpc) is 3.05. The summed E-state index contributed by atoms with van der Waals surface area (Å²) in [6.07, 6.45) is 5.29. The van der Waals surface area contributed by atoms with Crippen LogP contribution in [-0.4, -0.2) is 24.1 Å². The lowest BCUT2D eigenvalue weighted by atomic mass is 9.89. The number of carbonyl (C=O) groups excluding carboxylic acids is 2. The highest BCUT2D eigenvalue weighted by atomic mass is 32.1. The Kier molecular flexibility index (Phi) is 5.92. The molecule has 0 bridgehead atoms. The summed E-state index contributed by atoms with van der Waals surface area (Å²) in [5.41, 5.74) is 3.23. The van der Waals surface area contributed by atoms with Gasteiger partial charge in [-0.2, -0.15) is 5.10 Å². The van der Waals surface area contributed by atoms with Gasteiger partial charge in [0.2, 0.25) is 5.91 Å². The molecule has 1 aromatic heterocycles. The monoisotopic (exact) mass is 307 g/mol. The number of carbonyl (C=O) groups is 2. The minimum absolute atomic E-state index is 0.0104. The number of hydrogen-bond donors (Lipinski definition) is 2. The number of rotatable bonds is 5. The predicted molar refractivity (Wildman–Crippen MR) is 84.3 cm³/mol. The highest BCUT2D eigenvalue weighted by molar-refractivity contribution is 7.12. The summed E-state index contributed by atoms with van der Waals surface area (Å²) in [4.78, 5) is 24.6. The van der Waals surface area contributed by atoms with Crippen molar-refractivity contribution < 1.29 is 9.59 Å². The Morgan fingerprint density at radius 3 is 2.76 bits per heavy atom. The second kappa shape index (κ2) is 7.93. The molecule has 1 heterocycles. The molecule has 0 spiro atoms. The van der Waals surface area contributed by atoms with Crippen LogP contribution >= 0.6 is 11.3 Å². The van der Waals surface area contributed by atoms with E-state index in [2.05, 4.69) is 15.8 Å². The molecule has 0 atom stereocenters. The van der Waals surface area contributed by atoms with E-state index in [0.29, 0.717) is 0 Å². The van der Waals surface area contributed by atoms with Gasteiger partial charge in [0.1, 0.15) is 0 Å². The minimum atomic E-state index is -0.296. The fourth-order valence-electron chi connectivity index (χ4n) is 2.40. The molecule has 5 nitrogen and oxygen atoms in total. The quantitative estimate of drug-likeness (QED) is 0.647. The summed E-state index contributed by atoms with van der Waals surface area (Å²) in [5, 5.41) is 8.69. The van der Waals surface area contributed by atoms with Gasteiger partial charge in [-0.05, 0) is 31.2 Å². The zero-order valence-electron chi connectivity index (χ0n) is 12.2. The third-order valence-corrected chi connectivity index (χ3v) is 4.60. The topological polar surface area (TPSA) is 70.6 Å². The maximum Gasteiger partial charge on any atom is 0.259 e. The summed E-state index contributed by atoms with van der Waals surface area (Å²) in [6.45, 7) is 1.82. The van der Waals surface area contributed by atoms with E-state index in [1.54, 1.807) is 11.3 Å². The molecule has 2 N–H and O–H groups in total. The molecule has 1 fully saturated rings. The Hall–Kier alpha value is -1.69. The number of thiophene rings is 1. The van der Waals surface area contributed by atoms with Crippen LogP contribution in [0.15, 0.2) is 22.6 Å². The van der Waals surface area contributed by atoms with Crippen molar-refractivity contribution >= 4 is 28.9 Å². The molecule has 0 unspecified atom stereocenters. The molecule has 1 aliphatic carbocycles. The Morgan fingerprint density at radius 2 is 2.10 bits per heavy atom. The molecule has 2 amide bonds. The van der Waals surface area contributed by atoms with Crippen molar-refractivity contribution in [2.24, 2.45) is 11.0 Å². The first-order chi connectivity index (χ1) is 10.2. The van der Waals surface area contributed by atoms with Crippen molar-refractivity contribution in [3.05, 3.63) is 22.4 Å². The van der Waals surface area contributed by atoms with Gasteiger partial charge in [0, 0.05) is 10.8 Å². The number of amides is 2. The van der Waals surface area contributed by atoms with Crippen molar-refractivity contribution in [1.82, 2.24) is 10.7 Å². The van der Waals surface area contributed by atoms with Gasteiger partial charge in [-0.25, -0.2) is 5.43 Å². The van der Waals surface area contributed by atoms with Gasteiger partial charge in [-0.1, -0.05) is 25.3 Å². The second-order valence-electron chi connectivity index (χ2n) is 5.26. The SMILES string of the molecule is C/C(=N\NC(=O)CNC(=O)C1CCCCC1)c1cccs1. The lowest BCUT2D eigenvalue weighted by molar-refractivity contribution is -0.129. The highest BCUT2D eigenvalue weighted by Crippen LogP contribution is 2.23. The maximum atomic E-state index is 11.9. The van der Waals surface area contributed by atoms with Crippen LogP contribution in [0.2, 0.25) is 0 Å². The average molecular weight is 307 g/mol. The van der Waals surface area contributed by atoms with Gasteiger partial charge in [0.25, 0.3) is 5.91 Å². The lowest BCUT2D eigenvalue weighted by Gasteiger charge is -2.20. The van der Waals surface area contributed by atoms with Crippen LogP contribution in [0.1, 0.15) is 43.9 Å². The van der Waals surface area contributed by atoms with Crippen LogP contribution in [0, 0.1) is 5.92 Å². The Balaban J connectivity index is 1.72. The molecule has 1 aliphatic rings. The molecule has 0 aromatic carbocycles. The summed E-state index contributed by atoms with van der Waals surface area (Å²) in [7, 11) is 0. The number of nitrogens with one attached hydrogen (secondary N) is 2. The summed E-state index contributed by atoms with van der Waals surface area (Å²) in [6, 6.07) is 3.88. The van der Waals surface area contributed by atoms with Gasteiger partial charge < -0.3 is 5.32 Å². The van der Waals surface area contributed by atoms with Crippen molar-refractivity contribution in [1.29, 1.82) is 0 Å². The van der Waals surface area contributed by atoms with Crippen LogP contribution in [0.3, 0.4) is 0 Å². The molecule has 1 saturated carbocycles. The van der Waals surface area contributed by atoms with E-state index >= 15 is 0 Å². The van der Waals surface area contributed by atoms with E-state index < -0.39 is 0 Å². The fourth-order valence-corrected chi connectivity index (χ4v) is 3.08. The normalized spacial score (nSPS) is 16.5. The molecule has 21 heavy (non-hydrogen) atoms. The van der Waals surface area contributed by atoms with E-state index in [0.717, 1.165) is 36.3 Å². The van der Waals surface area contributed by atoms with Crippen LogP contribution in [-0.2, 0) is 9.59 Å². The van der Waals surface area contributed by atoms with E-state index in [4.69, 9.17) is 0 Å². The van der Waals surface area contributed by atoms with E-state index in [1.165, 1.54) is 6.42 Å². The highest BCUT2D eigenvalue weighted by Gasteiger charge is 2.21. The lowest BCUT2D eigenvalue weighted by Crippen LogP contribution is -2.38. The van der Waals surface area contributed by atoms with Crippen molar-refractivity contribution in [2.45, 2.75) is 39.0 Å².